The fraction of sp³-hybridized carbons (Fsp3) is 1.00. The van der Waals surface area contributed by atoms with Crippen molar-refractivity contribution in [3.63, 3.8) is 0 Å². The topological polar surface area (TPSA) is 87.8 Å². The molecule has 3 aliphatic heterocycles. The molecule has 3 saturated heterocycles. The highest BCUT2D eigenvalue weighted by Crippen LogP contribution is 2.36. The minimum absolute atomic E-state index is 0.141. The van der Waals surface area contributed by atoms with Crippen LogP contribution in [0.15, 0.2) is 0 Å². The second-order valence-electron chi connectivity index (χ2n) is 13.7. The lowest BCUT2D eigenvalue weighted by Crippen LogP contribution is -2.59. The van der Waals surface area contributed by atoms with Crippen LogP contribution in [0.25, 0.3) is 0 Å². The van der Waals surface area contributed by atoms with E-state index in [0.717, 1.165) is 58.5 Å². The Morgan fingerprint density at radius 2 is 1.03 bits per heavy atom. The minimum atomic E-state index is 0.141. The van der Waals surface area contributed by atoms with Crippen LogP contribution in [0.2, 0.25) is 0 Å². The van der Waals surface area contributed by atoms with Gasteiger partial charge in [0, 0.05) is 74.0 Å². The summed E-state index contributed by atoms with van der Waals surface area (Å²) in [4.78, 5) is 7.91. The summed E-state index contributed by atoms with van der Waals surface area (Å²) in [6, 6.07) is 0.893. The van der Waals surface area contributed by atoms with E-state index < -0.39 is 0 Å². The van der Waals surface area contributed by atoms with Gasteiger partial charge >= 0.3 is 0 Å². The molecule has 3 rings (SSSR count). The summed E-state index contributed by atoms with van der Waals surface area (Å²) in [7, 11) is 0. The zero-order valence-corrected chi connectivity index (χ0v) is 22.2. The van der Waals surface area contributed by atoms with Crippen LogP contribution in [-0.2, 0) is 0 Å². The third-order valence-electron chi connectivity index (χ3n) is 8.60. The molecule has 6 heteroatoms. The summed E-state index contributed by atoms with van der Waals surface area (Å²) in [5.41, 5.74) is 19.9. The highest BCUT2D eigenvalue weighted by Gasteiger charge is 2.41. The maximum atomic E-state index is 6.64. The van der Waals surface area contributed by atoms with Crippen molar-refractivity contribution < 1.29 is 0 Å². The molecule has 0 radical (unpaired) electrons. The molecule has 32 heavy (non-hydrogen) atoms. The van der Waals surface area contributed by atoms with E-state index >= 15 is 0 Å². The fourth-order valence-electron chi connectivity index (χ4n) is 6.84. The Kier molecular flexibility index (Phi) is 8.06. The molecule has 6 N–H and O–H groups in total. The maximum Gasteiger partial charge on any atom is 0.0180 e. The molecule has 0 spiro atoms. The van der Waals surface area contributed by atoms with Crippen LogP contribution in [0, 0.1) is 11.8 Å². The van der Waals surface area contributed by atoms with E-state index in [1.165, 1.54) is 12.8 Å². The zero-order valence-electron chi connectivity index (χ0n) is 22.2. The number of hydrogen-bond acceptors (Lipinski definition) is 6. The zero-order chi connectivity index (χ0) is 23.9. The van der Waals surface area contributed by atoms with Crippen LogP contribution in [-0.4, -0.2) is 88.7 Å². The Bertz CT molecular complexity index is 612. The van der Waals surface area contributed by atoms with Gasteiger partial charge in [-0.05, 0) is 92.4 Å². The predicted octanol–water partition coefficient (Wildman–Crippen LogP) is 2.45. The van der Waals surface area contributed by atoms with E-state index in [4.69, 9.17) is 17.2 Å². The Morgan fingerprint density at radius 1 is 0.594 bits per heavy atom. The summed E-state index contributed by atoms with van der Waals surface area (Å²) < 4.78 is 0. The van der Waals surface area contributed by atoms with Crippen LogP contribution in [0.3, 0.4) is 0 Å². The summed E-state index contributed by atoms with van der Waals surface area (Å²) in [6.07, 6.45) is 5.80. The second kappa shape index (κ2) is 9.79. The van der Waals surface area contributed by atoms with E-state index in [9.17, 15) is 0 Å². The van der Waals surface area contributed by atoms with Crippen LogP contribution >= 0.6 is 0 Å². The second-order valence-corrected chi connectivity index (χ2v) is 13.7. The molecular formula is C26H54N6. The fourth-order valence-corrected chi connectivity index (χ4v) is 6.84. The van der Waals surface area contributed by atoms with Crippen molar-refractivity contribution >= 4 is 0 Å². The van der Waals surface area contributed by atoms with Gasteiger partial charge in [-0.1, -0.05) is 0 Å². The number of likely N-dealkylation sites (tertiary alicyclic amines) is 3. The third kappa shape index (κ3) is 6.67. The van der Waals surface area contributed by atoms with Crippen LogP contribution in [0.5, 0.6) is 0 Å². The number of piperidine rings is 2. The van der Waals surface area contributed by atoms with Gasteiger partial charge in [0.1, 0.15) is 0 Å². The minimum Gasteiger partial charge on any atom is -0.327 e. The molecule has 0 bridgehead atoms. The molecular weight excluding hydrogens is 396 g/mol. The molecule has 0 aromatic rings. The molecule has 0 amide bonds. The Labute approximate surface area is 198 Å². The molecule has 188 valence electrons. The lowest BCUT2D eigenvalue weighted by molar-refractivity contribution is 0.00112. The molecule has 3 heterocycles. The van der Waals surface area contributed by atoms with Gasteiger partial charge in [-0.2, -0.15) is 0 Å². The van der Waals surface area contributed by atoms with Crippen molar-refractivity contribution in [1.29, 1.82) is 0 Å². The van der Waals surface area contributed by atoms with Crippen molar-refractivity contribution in [3.8, 4) is 0 Å². The smallest absolute Gasteiger partial charge is 0.0180 e. The van der Waals surface area contributed by atoms with Gasteiger partial charge in [0.05, 0.1) is 0 Å². The van der Waals surface area contributed by atoms with E-state index in [1.807, 2.05) is 0 Å². The monoisotopic (exact) mass is 450 g/mol. The first-order valence-electron chi connectivity index (χ1n) is 13.2. The number of hydrogen-bond donors (Lipinski definition) is 3. The Morgan fingerprint density at radius 3 is 1.50 bits per heavy atom. The Hall–Kier alpha value is -0.240. The van der Waals surface area contributed by atoms with Gasteiger partial charge in [0.25, 0.3) is 0 Å². The van der Waals surface area contributed by atoms with Gasteiger partial charge in [0.2, 0.25) is 0 Å². The largest absolute Gasteiger partial charge is 0.327 e. The van der Waals surface area contributed by atoms with Gasteiger partial charge < -0.3 is 17.2 Å². The SMILES string of the molecule is CC(C)(C)N1CC(CC(C)(C)N2CC(CC(C)(C)N3CC[C@H](N)C3)C[C@@H](N)C2)C[C@H](N)C1. The standard InChI is InChI=1S/C26H54N6/c1-24(2,3)31-14-19(10-22(28)17-31)13-26(6,7)32-15-20(11-23(29)18-32)12-25(4,5)30-9-8-21(27)16-30/h19-23H,8-18,27-29H2,1-7H3/t19?,20?,21-,22-,23+/m0/s1. The molecule has 2 unspecified atom stereocenters. The summed E-state index contributed by atoms with van der Waals surface area (Å²) in [6.45, 7) is 23.2. The molecule has 3 aliphatic rings. The average molecular weight is 451 g/mol. The van der Waals surface area contributed by atoms with Crippen LogP contribution in [0.4, 0.5) is 0 Å². The number of nitrogens with two attached hydrogens (primary N) is 3. The van der Waals surface area contributed by atoms with Gasteiger partial charge in [-0.15, -0.1) is 0 Å². The van der Waals surface area contributed by atoms with Gasteiger partial charge in [-0.25, -0.2) is 0 Å². The predicted molar refractivity (Wildman–Crippen MR) is 137 cm³/mol. The van der Waals surface area contributed by atoms with Gasteiger partial charge in [0.15, 0.2) is 0 Å². The molecule has 3 fully saturated rings. The number of rotatable bonds is 6. The molecule has 0 saturated carbocycles. The molecule has 0 aromatic heterocycles. The lowest BCUT2D eigenvalue weighted by atomic mass is 9.78. The normalized spacial score (nSPS) is 34.9. The Balaban J connectivity index is 1.63. The maximum absolute atomic E-state index is 6.64. The van der Waals surface area contributed by atoms with Gasteiger partial charge in [-0.3, -0.25) is 14.7 Å². The first kappa shape index (κ1) is 26.4. The molecule has 0 aliphatic carbocycles. The summed E-state index contributed by atoms with van der Waals surface area (Å²) >= 11 is 0. The van der Waals surface area contributed by atoms with E-state index in [0.29, 0.717) is 17.9 Å². The molecule has 6 nitrogen and oxygen atoms in total. The highest BCUT2D eigenvalue weighted by atomic mass is 15.2. The van der Waals surface area contributed by atoms with Crippen molar-refractivity contribution in [2.75, 3.05) is 39.3 Å². The van der Waals surface area contributed by atoms with E-state index in [1.54, 1.807) is 0 Å². The van der Waals surface area contributed by atoms with Crippen LogP contribution in [0.1, 0.15) is 80.6 Å². The van der Waals surface area contributed by atoms with E-state index in [-0.39, 0.29) is 28.7 Å². The highest BCUT2D eigenvalue weighted by molar-refractivity contribution is 4.98. The summed E-state index contributed by atoms with van der Waals surface area (Å²) in [5.74, 6) is 1.29. The quantitative estimate of drug-likeness (QED) is 0.576. The van der Waals surface area contributed by atoms with Crippen molar-refractivity contribution in [2.45, 2.75) is 115 Å². The first-order chi connectivity index (χ1) is 14.7. The molecule has 5 atom stereocenters. The van der Waals surface area contributed by atoms with Crippen molar-refractivity contribution in [3.05, 3.63) is 0 Å². The summed E-state index contributed by atoms with van der Waals surface area (Å²) in [5, 5.41) is 0. The third-order valence-corrected chi connectivity index (χ3v) is 8.60. The van der Waals surface area contributed by atoms with Crippen molar-refractivity contribution in [2.24, 2.45) is 29.0 Å². The average Bonchev–Trinajstić information content (AvgIpc) is 3.06. The molecule has 0 aromatic carbocycles. The first-order valence-corrected chi connectivity index (χ1v) is 13.2. The van der Waals surface area contributed by atoms with Crippen molar-refractivity contribution in [1.82, 2.24) is 14.7 Å². The number of nitrogens with zero attached hydrogens (tertiary/aromatic N) is 3. The van der Waals surface area contributed by atoms with E-state index in [2.05, 4.69) is 63.2 Å². The van der Waals surface area contributed by atoms with Crippen LogP contribution < -0.4 is 17.2 Å². The lowest BCUT2D eigenvalue weighted by Gasteiger charge is -2.51.